The van der Waals surface area contributed by atoms with Crippen molar-refractivity contribution in [2.75, 3.05) is 0 Å². The molecule has 1 amide bonds. The molecule has 0 aliphatic rings. The summed E-state index contributed by atoms with van der Waals surface area (Å²) in [6.07, 6.45) is 1.63. The van der Waals surface area contributed by atoms with Crippen molar-refractivity contribution < 1.29 is 4.79 Å². The quantitative estimate of drug-likeness (QED) is 0.516. The molecule has 0 radical (unpaired) electrons. The Morgan fingerprint density at radius 2 is 1.81 bits per heavy atom. The van der Waals surface area contributed by atoms with E-state index in [1.165, 1.54) is 16.7 Å². The van der Waals surface area contributed by atoms with Crippen LogP contribution in [0.1, 0.15) is 52.5 Å². The van der Waals surface area contributed by atoms with E-state index in [0.717, 1.165) is 16.8 Å². The van der Waals surface area contributed by atoms with Gasteiger partial charge in [-0.25, -0.2) is 5.43 Å². The van der Waals surface area contributed by atoms with Gasteiger partial charge in [-0.1, -0.05) is 50.2 Å². The van der Waals surface area contributed by atoms with Crippen LogP contribution < -0.4 is 5.43 Å². The molecule has 0 unspecified atom stereocenters. The van der Waals surface area contributed by atoms with Crippen molar-refractivity contribution in [2.45, 2.75) is 33.6 Å². The van der Waals surface area contributed by atoms with Crippen LogP contribution in [0.15, 0.2) is 53.6 Å². The molecule has 2 N–H and O–H groups in total. The van der Waals surface area contributed by atoms with Gasteiger partial charge in [-0.3, -0.25) is 9.89 Å². The molecule has 0 bridgehead atoms. The number of aromatic nitrogens is 2. The highest BCUT2D eigenvalue weighted by atomic mass is 16.2. The summed E-state index contributed by atoms with van der Waals surface area (Å²) in [6, 6.07) is 15.9. The topological polar surface area (TPSA) is 70.1 Å². The molecule has 3 aromatic rings. The molecule has 5 heteroatoms. The SMILES string of the molecule is Cc1ccc(-c2cc(C(=O)N/N=C/c3ccc(C(C)C)cc3)[nH]n2)cc1C. The van der Waals surface area contributed by atoms with Crippen LogP contribution in [0.3, 0.4) is 0 Å². The second-order valence-electron chi connectivity index (χ2n) is 6.99. The number of H-pyrrole nitrogens is 1. The lowest BCUT2D eigenvalue weighted by atomic mass is 10.0. The third-order valence-corrected chi connectivity index (χ3v) is 4.61. The highest BCUT2D eigenvalue weighted by Gasteiger charge is 2.10. The lowest BCUT2D eigenvalue weighted by molar-refractivity contribution is 0.0950. The van der Waals surface area contributed by atoms with Crippen LogP contribution in [0.5, 0.6) is 0 Å². The van der Waals surface area contributed by atoms with E-state index in [4.69, 9.17) is 0 Å². The molecule has 0 saturated carbocycles. The molecular weight excluding hydrogens is 336 g/mol. The number of hydrogen-bond acceptors (Lipinski definition) is 3. The van der Waals surface area contributed by atoms with Gasteiger partial charge in [0, 0.05) is 5.56 Å². The monoisotopic (exact) mass is 360 g/mol. The molecule has 3 rings (SSSR count). The predicted molar refractivity (Wildman–Crippen MR) is 109 cm³/mol. The summed E-state index contributed by atoms with van der Waals surface area (Å²) < 4.78 is 0. The van der Waals surface area contributed by atoms with E-state index in [9.17, 15) is 4.79 Å². The van der Waals surface area contributed by atoms with Gasteiger partial charge in [-0.2, -0.15) is 10.2 Å². The van der Waals surface area contributed by atoms with Crippen molar-refractivity contribution in [2.24, 2.45) is 5.10 Å². The van der Waals surface area contributed by atoms with Gasteiger partial charge in [-0.15, -0.1) is 0 Å². The summed E-state index contributed by atoms with van der Waals surface area (Å²) in [5.41, 5.74) is 9.22. The van der Waals surface area contributed by atoms with Gasteiger partial charge < -0.3 is 0 Å². The van der Waals surface area contributed by atoms with E-state index in [2.05, 4.69) is 66.6 Å². The van der Waals surface area contributed by atoms with E-state index < -0.39 is 0 Å². The molecule has 0 fully saturated rings. The molecule has 138 valence electrons. The molecule has 0 aliphatic carbocycles. The number of aryl methyl sites for hydroxylation is 2. The number of nitrogens with one attached hydrogen (secondary N) is 2. The Hall–Kier alpha value is -3.21. The van der Waals surface area contributed by atoms with Gasteiger partial charge in [-0.05, 0) is 54.2 Å². The molecule has 27 heavy (non-hydrogen) atoms. The Balaban J connectivity index is 1.64. The number of benzene rings is 2. The number of carbonyl (C=O) groups excluding carboxylic acids is 1. The zero-order valence-electron chi connectivity index (χ0n) is 16.1. The number of amides is 1. The third kappa shape index (κ3) is 4.50. The molecule has 2 aromatic carbocycles. The molecule has 0 atom stereocenters. The van der Waals surface area contributed by atoms with E-state index in [0.29, 0.717) is 11.6 Å². The fourth-order valence-corrected chi connectivity index (χ4v) is 2.68. The van der Waals surface area contributed by atoms with Crippen LogP contribution >= 0.6 is 0 Å². The molecular formula is C22H24N4O. The van der Waals surface area contributed by atoms with Crippen LogP contribution in [0.2, 0.25) is 0 Å². The Morgan fingerprint density at radius 1 is 1.07 bits per heavy atom. The third-order valence-electron chi connectivity index (χ3n) is 4.61. The minimum absolute atomic E-state index is 0.326. The van der Waals surface area contributed by atoms with Crippen LogP contribution in [0.25, 0.3) is 11.3 Å². The van der Waals surface area contributed by atoms with Crippen LogP contribution in [0, 0.1) is 13.8 Å². The first kappa shape index (κ1) is 18.6. The molecule has 1 heterocycles. The summed E-state index contributed by atoms with van der Waals surface area (Å²) in [5.74, 6) is 0.162. The number of hydrogen-bond donors (Lipinski definition) is 2. The average Bonchev–Trinajstić information content (AvgIpc) is 3.14. The van der Waals surface area contributed by atoms with Crippen LogP contribution in [-0.4, -0.2) is 22.3 Å². The van der Waals surface area contributed by atoms with Gasteiger partial charge in [0.2, 0.25) is 0 Å². The largest absolute Gasteiger partial charge is 0.289 e. The van der Waals surface area contributed by atoms with E-state index in [1.54, 1.807) is 12.3 Å². The normalized spacial score (nSPS) is 11.3. The highest BCUT2D eigenvalue weighted by molar-refractivity contribution is 5.94. The zero-order valence-corrected chi connectivity index (χ0v) is 16.1. The predicted octanol–water partition coefficient (Wildman–Crippen LogP) is 4.58. The maximum Gasteiger partial charge on any atom is 0.289 e. The molecule has 1 aromatic heterocycles. The Bertz CT molecular complexity index is 968. The van der Waals surface area contributed by atoms with Crippen LogP contribution in [-0.2, 0) is 0 Å². The summed E-state index contributed by atoms with van der Waals surface area (Å²) in [6.45, 7) is 8.43. The van der Waals surface area contributed by atoms with Gasteiger partial charge in [0.1, 0.15) is 5.69 Å². The van der Waals surface area contributed by atoms with E-state index in [-0.39, 0.29) is 5.91 Å². The van der Waals surface area contributed by atoms with Crippen molar-refractivity contribution in [3.05, 3.63) is 76.5 Å². The zero-order chi connectivity index (χ0) is 19.4. The van der Waals surface area contributed by atoms with Crippen LogP contribution in [0.4, 0.5) is 0 Å². The first-order chi connectivity index (χ1) is 12.9. The maximum atomic E-state index is 12.2. The minimum Gasteiger partial charge on any atom is -0.272 e. The Kier molecular flexibility index (Phi) is 5.50. The highest BCUT2D eigenvalue weighted by Crippen LogP contribution is 2.21. The van der Waals surface area contributed by atoms with Crippen molar-refractivity contribution in [3.8, 4) is 11.3 Å². The van der Waals surface area contributed by atoms with Crippen molar-refractivity contribution in [1.29, 1.82) is 0 Å². The maximum absolute atomic E-state index is 12.2. The first-order valence-electron chi connectivity index (χ1n) is 9.00. The minimum atomic E-state index is -0.326. The second-order valence-corrected chi connectivity index (χ2v) is 6.99. The molecule has 5 nitrogen and oxygen atoms in total. The number of carbonyl (C=O) groups is 1. The molecule has 0 spiro atoms. The lowest BCUT2D eigenvalue weighted by Crippen LogP contribution is -2.18. The molecule has 0 saturated heterocycles. The average molecular weight is 360 g/mol. The Labute approximate surface area is 159 Å². The van der Waals surface area contributed by atoms with E-state index >= 15 is 0 Å². The smallest absolute Gasteiger partial charge is 0.272 e. The lowest BCUT2D eigenvalue weighted by Gasteiger charge is -2.04. The summed E-state index contributed by atoms with van der Waals surface area (Å²) in [7, 11) is 0. The molecule has 0 aliphatic heterocycles. The number of nitrogens with zero attached hydrogens (tertiary/aromatic N) is 2. The standard InChI is InChI=1S/C22H24N4O/c1-14(2)18-9-6-17(7-10-18)13-23-26-22(27)21-12-20(24-25-21)19-8-5-15(3)16(4)11-19/h5-14H,1-4H3,(H,24,25)(H,26,27)/b23-13+. The van der Waals surface area contributed by atoms with Gasteiger partial charge in [0.15, 0.2) is 0 Å². The summed E-state index contributed by atoms with van der Waals surface area (Å²) in [4.78, 5) is 12.2. The van der Waals surface area contributed by atoms with Crippen molar-refractivity contribution >= 4 is 12.1 Å². The van der Waals surface area contributed by atoms with Crippen molar-refractivity contribution in [3.63, 3.8) is 0 Å². The van der Waals surface area contributed by atoms with Gasteiger partial charge in [0.25, 0.3) is 5.91 Å². The summed E-state index contributed by atoms with van der Waals surface area (Å²) >= 11 is 0. The van der Waals surface area contributed by atoms with Gasteiger partial charge >= 0.3 is 0 Å². The number of rotatable bonds is 5. The first-order valence-corrected chi connectivity index (χ1v) is 9.00. The second kappa shape index (κ2) is 7.99. The fraction of sp³-hybridized carbons (Fsp3) is 0.227. The fourth-order valence-electron chi connectivity index (χ4n) is 2.68. The number of hydrazone groups is 1. The Morgan fingerprint density at radius 3 is 2.48 bits per heavy atom. The van der Waals surface area contributed by atoms with Crippen molar-refractivity contribution in [1.82, 2.24) is 15.6 Å². The summed E-state index contributed by atoms with van der Waals surface area (Å²) in [5, 5.41) is 11.0. The van der Waals surface area contributed by atoms with E-state index in [1.807, 2.05) is 24.3 Å². The number of aromatic amines is 1. The van der Waals surface area contributed by atoms with Gasteiger partial charge in [0.05, 0.1) is 11.9 Å².